The Morgan fingerprint density at radius 2 is 1.62 bits per heavy atom. The summed E-state index contributed by atoms with van der Waals surface area (Å²) in [6.07, 6.45) is 0.216. The Morgan fingerprint density at radius 3 is 1.81 bits per heavy atom. The van der Waals surface area contributed by atoms with Gasteiger partial charge in [-0.1, -0.05) is 34.6 Å². The fourth-order valence-corrected chi connectivity index (χ4v) is 3.34. The third kappa shape index (κ3) is 1.28. The first-order chi connectivity index (χ1) is 6.98. The van der Waals surface area contributed by atoms with E-state index in [-0.39, 0.29) is 6.42 Å². The standard InChI is InChI=1S/C12H20O4/c1-10(2,3)12(9(15)16)6-7(8(13)14)11(12,4)5/h7H,6H2,1-5H3,(H,13,14)(H,15,16). The maximum absolute atomic E-state index is 11.5. The van der Waals surface area contributed by atoms with Crippen molar-refractivity contribution in [3.05, 3.63) is 0 Å². The van der Waals surface area contributed by atoms with E-state index < -0.39 is 34.1 Å². The first-order valence-electron chi connectivity index (χ1n) is 5.44. The minimum atomic E-state index is -0.955. The summed E-state index contributed by atoms with van der Waals surface area (Å²) >= 11 is 0. The number of carbonyl (C=O) groups is 2. The van der Waals surface area contributed by atoms with E-state index in [0.29, 0.717) is 0 Å². The summed E-state index contributed by atoms with van der Waals surface area (Å²) in [5.74, 6) is -2.35. The van der Waals surface area contributed by atoms with Gasteiger partial charge in [0, 0.05) is 0 Å². The van der Waals surface area contributed by atoms with Crippen molar-refractivity contribution in [2.75, 3.05) is 0 Å². The molecular formula is C12H20O4. The van der Waals surface area contributed by atoms with Gasteiger partial charge in [0.15, 0.2) is 0 Å². The van der Waals surface area contributed by atoms with Crippen LogP contribution in [0.15, 0.2) is 0 Å². The molecule has 0 bridgehead atoms. The molecule has 16 heavy (non-hydrogen) atoms. The van der Waals surface area contributed by atoms with Crippen LogP contribution < -0.4 is 0 Å². The van der Waals surface area contributed by atoms with Gasteiger partial charge in [0.2, 0.25) is 0 Å². The Kier molecular flexibility index (Phi) is 2.61. The van der Waals surface area contributed by atoms with Gasteiger partial charge in [-0.05, 0) is 17.3 Å². The zero-order valence-corrected chi connectivity index (χ0v) is 10.5. The molecular weight excluding hydrogens is 208 g/mol. The maximum Gasteiger partial charge on any atom is 0.310 e. The normalized spacial score (nSPS) is 32.9. The summed E-state index contributed by atoms with van der Waals surface area (Å²) in [6, 6.07) is 0. The number of aliphatic carboxylic acids is 2. The van der Waals surface area contributed by atoms with Gasteiger partial charge in [0.25, 0.3) is 0 Å². The van der Waals surface area contributed by atoms with E-state index in [1.54, 1.807) is 13.8 Å². The molecule has 2 atom stereocenters. The fraction of sp³-hybridized carbons (Fsp3) is 0.833. The average Bonchev–Trinajstić information content (AvgIpc) is 1.97. The molecule has 2 unspecified atom stereocenters. The van der Waals surface area contributed by atoms with Crippen molar-refractivity contribution in [2.45, 2.75) is 41.0 Å². The molecule has 4 heteroatoms. The zero-order valence-electron chi connectivity index (χ0n) is 10.5. The van der Waals surface area contributed by atoms with Gasteiger partial charge < -0.3 is 10.2 Å². The molecule has 0 aromatic carbocycles. The predicted octanol–water partition coefficient (Wildman–Crippen LogP) is 2.23. The topological polar surface area (TPSA) is 74.6 Å². The number of hydrogen-bond donors (Lipinski definition) is 2. The first kappa shape index (κ1) is 13.0. The van der Waals surface area contributed by atoms with Gasteiger partial charge in [-0.25, -0.2) is 0 Å². The van der Waals surface area contributed by atoms with Gasteiger partial charge in [-0.15, -0.1) is 0 Å². The van der Waals surface area contributed by atoms with Crippen LogP contribution in [0.3, 0.4) is 0 Å². The summed E-state index contributed by atoms with van der Waals surface area (Å²) in [5.41, 5.74) is -2.12. The Bertz CT molecular complexity index is 337. The third-order valence-corrected chi connectivity index (χ3v) is 4.42. The van der Waals surface area contributed by atoms with Crippen LogP contribution in [0, 0.1) is 22.2 Å². The molecule has 4 nitrogen and oxygen atoms in total. The number of hydrogen-bond acceptors (Lipinski definition) is 2. The summed E-state index contributed by atoms with van der Waals surface area (Å²) in [6.45, 7) is 9.08. The first-order valence-corrected chi connectivity index (χ1v) is 5.44. The predicted molar refractivity (Wildman–Crippen MR) is 59.0 cm³/mol. The highest BCUT2D eigenvalue weighted by atomic mass is 16.4. The molecule has 0 aliphatic heterocycles. The van der Waals surface area contributed by atoms with Crippen molar-refractivity contribution in [3.63, 3.8) is 0 Å². The molecule has 0 spiro atoms. The van der Waals surface area contributed by atoms with E-state index in [0.717, 1.165) is 0 Å². The van der Waals surface area contributed by atoms with Crippen LogP contribution in [0.1, 0.15) is 41.0 Å². The van der Waals surface area contributed by atoms with Crippen LogP contribution >= 0.6 is 0 Å². The molecule has 1 rings (SSSR count). The van der Waals surface area contributed by atoms with E-state index in [1.165, 1.54) is 0 Å². The van der Waals surface area contributed by atoms with E-state index in [4.69, 9.17) is 5.11 Å². The second-order valence-electron chi connectivity index (χ2n) is 6.28. The van der Waals surface area contributed by atoms with Gasteiger partial charge in [0.1, 0.15) is 0 Å². The molecule has 92 valence electrons. The average molecular weight is 228 g/mol. The van der Waals surface area contributed by atoms with E-state index in [9.17, 15) is 14.7 Å². The summed E-state index contributed by atoms with van der Waals surface area (Å²) in [7, 11) is 0. The summed E-state index contributed by atoms with van der Waals surface area (Å²) in [5, 5.41) is 18.5. The highest BCUT2D eigenvalue weighted by Gasteiger charge is 2.71. The molecule has 0 radical (unpaired) electrons. The zero-order chi connectivity index (χ0) is 12.9. The Labute approximate surface area is 95.7 Å². The van der Waals surface area contributed by atoms with Crippen LogP contribution in [-0.4, -0.2) is 22.2 Å². The van der Waals surface area contributed by atoms with Crippen LogP contribution in [0.4, 0.5) is 0 Å². The lowest BCUT2D eigenvalue weighted by molar-refractivity contribution is -0.218. The van der Waals surface area contributed by atoms with Gasteiger partial charge in [-0.2, -0.15) is 0 Å². The minimum absolute atomic E-state index is 0.216. The van der Waals surface area contributed by atoms with E-state index in [1.807, 2.05) is 20.8 Å². The van der Waals surface area contributed by atoms with Crippen LogP contribution in [0.5, 0.6) is 0 Å². The molecule has 0 saturated heterocycles. The second kappa shape index (κ2) is 3.22. The smallest absolute Gasteiger partial charge is 0.310 e. The Hall–Kier alpha value is -1.06. The van der Waals surface area contributed by atoms with Crippen molar-refractivity contribution >= 4 is 11.9 Å². The largest absolute Gasteiger partial charge is 0.481 e. The molecule has 0 heterocycles. The summed E-state index contributed by atoms with van der Waals surface area (Å²) < 4.78 is 0. The SMILES string of the molecule is CC(C)(C)C1(C(=O)O)CC(C(=O)O)C1(C)C. The quantitative estimate of drug-likeness (QED) is 0.760. The molecule has 1 saturated carbocycles. The molecule has 0 amide bonds. The monoisotopic (exact) mass is 228 g/mol. The molecule has 1 aliphatic carbocycles. The second-order valence-corrected chi connectivity index (χ2v) is 6.28. The highest BCUT2D eigenvalue weighted by Crippen LogP contribution is 2.68. The number of carboxylic acid groups (broad SMARTS) is 2. The van der Waals surface area contributed by atoms with Crippen molar-refractivity contribution < 1.29 is 19.8 Å². The van der Waals surface area contributed by atoms with E-state index in [2.05, 4.69) is 0 Å². The van der Waals surface area contributed by atoms with Crippen molar-refractivity contribution in [1.29, 1.82) is 0 Å². The molecule has 2 N–H and O–H groups in total. The number of carboxylic acids is 2. The molecule has 1 aliphatic rings. The molecule has 1 fully saturated rings. The van der Waals surface area contributed by atoms with Crippen LogP contribution in [0.2, 0.25) is 0 Å². The summed E-state index contributed by atoms with van der Waals surface area (Å²) in [4.78, 5) is 22.6. The van der Waals surface area contributed by atoms with Crippen molar-refractivity contribution in [2.24, 2.45) is 22.2 Å². The van der Waals surface area contributed by atoms with Crippen LogP contribution in [0.25, 0.3) is 0 Å². The van der Waals surface area contributed by atoms with E-state index >= 15 is 0 Å². The third-order valence-electron chi connectivity index (χ3n) is 4.42. The maximum atomic E-state index is 11.5. The van der Waals surface area contributed by atoms with Gasteiger partial charge in [-0.3, -0.25) is 9.59 Å². The molecule has 0 aromatic heterocycles. The highest BCUT2D eigenvalue weighted by molar-refractivity contribution is 5.84. The Balaban J connectivity index is 3.22. The van der Waals surface area contributed by atoms with Crippen molar-refractivity contribution in [3.8, 4) is 0 Å². The van der Waals surface area contributed by atoms with Crippen LogP contribution in [-0.2, 0) is 9.59 Å². The van der Waals surface area contributed by atoms with Crippen molar-refractivity contribution in [1.82, 2.24) is 0 Å². The lowest BCUT2D eigenvalue weighted by Gasteiger charge is -2.63. The Morgan fingerprint density at radius 1 is 1.19 bits per heavy atom. The van der Waals surface area contributed by atoms with Gasteiger partial charge in [0.05, 0.1) is 11.3 Å². The van der Waals surface area contributed by atoms with Gasteiger partial charge >= 0.3 is 11.9 Å². The fourth-order valence-electron chi connectivity index (χ4n) is 3.34. The lowest BCUT2D eigenvalue weighted by Crippen LogP contribution is -2.67. The molecule has 0 aromatic rings. The minimum Gasteiger partial charge on any atom is -0.481 e. The number of rotatable bonds is 2. The lowest BCUT2D eigenvalue weighted by atomic mass is 9.38.